The van der Waals surface area contributed by atoms with E-state index in [1.54, 1.807) is 13.0 Å². The average molecular weight is 462 g/mol. The van der Waals surface area contributed by atoms with Crippen molar-refractivity contribution in [3.8, 4) is 0 Å². The molecule has 0 saturated carbocycles. The summed E-state index contributed by atoms with van der Waals surface area (Å²) in [6.07, 6.45) is -8.21. The number of allylic oxidation sites excluding steroid dienone is 1. The highest BCUT2D eigenvalue weighted by molar-refractivity contribution is 5.87. The van der Waals surface area contributed by atoms with Crippen molar-refractivity contribution < 1.29 is 54.0 Å². The first kappa shape index (κ1) is 25.5. The molecule has 0 aliphatic carbocycles. The summed E-state index contributed by atoms with van der Waals surface area (Å²) in [5, 5.41) is 51.3. The Balaban J connectivity index is 1.74. The highest BCUT2D eigenvalue weighted by Crippen LogP contribution is 2.26. The molecule has 0 aromatic rings. The predicted octanol–water partition coefficient (Wildman–Crippen LogP) is -1.42. The van der Waals surface area contributed by atoms with Crippen LogP contribution in [0.5, 0.6) is 0 Å². The van der Waals surface area contributed by atoms with Gasteiger partial charge in [-0.05, 0) is 32.1 Å². The topological polar surface area (TPSA) is 164 Å². The number of hydrogen-bond donors (Lipinski definition) is 5. The van der Waals surface area contributed by atoms with Gasteiger partial charge in [0.15, 0.2) is 18.7 Å². The molecule has 0 aromatic carbocycles. The lowest BCUT2D eigenvalue weighted by Gasteiger charge is -2.41. The Morgan fingerprint density at radius 2 is 1.44 bits per heavy atom. The maximum Gasteiger partial charge on any atom is 0.333 e. The van der Waals surface area contributed by atoms with Crippen molar-refractivity contribution in [3.63, 3.8) is 0 Å². The van der Waals surface area contributed by atoms with Gasteiger partial charge < -0.3 is 49.2 Å². The summed E-state index contributed by atoms with van der Waals surface area (Å²) >= 11 is 0. The lowest BCUT2D eigenvalue weighted by atomic mass is 9.99. The second-order valence-electron chi connectivity index (χ2n) is 8.70. The largest absolute Gasteiger partial charge is 0.454 e. The van der Waals surface area contributed by atoms with E-state index < -0.39 is 61.3 Å². The summed E-state index contributed by atoms with van der Waals surface area (Å²) in [6.45, 7) is 3.37. The van der Waals surface area contributed by atoms with Crippen molar-refractivity contribution in [3.05, 3.63) is 11.6 Å². The van der Waals surface area contributed by atoms with E-state index in [2.05, 4.69) is 0 Å². The normalized spacial score (nSPS) is 45.2. The second kappa shape index (κ2) is 11.3. The lowest BCUT2D eigenvalue weighted by Crippen LogP contribution is -2.60. The fourth-order valence-electron chi connectivity index (χ4n) is 3.83. The van der Waals surface area contributed by atoms with Gasteiger partial charge in [0.25, 0.3) is 0 Å². The summed E-state index contributed by atoms with van der Waals surface area (Å²) in [7, 11) is 0. The molecule has 2 saturated heterocycles. The van der Waals surface area contributed by atoms with Crippen LogP contribution in [0.2, 0.25) is 0 Å². The smallest absolute Gasteiger partial charge is 0.333 e. The summed E-state index contributed by atoms with van der Waals surface area (Å²) in [5.41, 5.74) is 0.389. The van der Waals surface area contributed by atoms with Crippen LogP contribution in [0.3, 0.4) is 0 Å². The van der Waals surface area contributed by atoms with Gasteiger partial charge in [-0.3, -0.25) is 0 Å². The van der Waals surface area contributed by atoms with Crippen molar-refractivity contribution >= 4 is 5.97 Å². The second-order valence-corrected chi connectivity index (χ2v) is 8.70. The summed E-state index contributed by atoms with van der Waals surface area (Å²) in [5.74, 6) is -0.361. The van der Waals surface area contributed by atoms with E-state index in [4.69, 9.17) is 23.7 Å². The Morgan fingerprint density at radius 3 is 2.16 bits per heavy atom. The minimum Gasteiger partial charge on any atom is -0.454 e. The van der Waals surface area contributed by atoms with Crippen LogP contribution < -0.4 is 0 Å². The summed E-state index contributed by atoms with van der Waals surface area (Å²) < 4.78 is 27.4. The number of rotatable bonds is 0. The van der Waals surface area contributed by atoms with Gasteiger partial charge in [0.05, 0.1) is 19.8 Å². The van der Waals surface area contributed by atoms with E-state index in [0.29, 0.717) is 18.4 Å². The van der Waals surface area contributed by atoms with Crippen LogP contribution in [0.1, 0.15) is 33.1 Å². The third kappa shape index (κ3) is 6.04. The molecule has 4 rings (SSSR count). The van der Waals surface area contributed by atoms with Crippen LogP contribution in [0, 0.1) is 5.92 Å². The van der Waals surface area contributed by atoms with Gasteiger partial charge in [0, 0.05) is 5.57 Å². The number of aliphatic hydroxyl groups is 5. The molecule has 4 heterocycles. The number of hydrogen-bond acceptors (Lipinski definition) is 11. The molecule has 5 N–H and O–H groups in total. The van der Waals surface area contributed by atoms with Gasteiger partial charge in [0.1, 0.15) is 36.6 Å². The van der Waals surface area contributed by atoms with Crippen molar-refractivity contribution in [1.82, 2.24) is 0 Å². The molecule has 2 fully saturated rings. The Morgan fingerprint density at radius 1 is 0.812 bits per heavy atom. The number of carbonyl (C=O) groups excluding carboxylic acids is 1. The number of fused-ring (bicyclic) bond motifs is 11. The molecule has 0 amide bonds. The van der Waals surface area contributed by atoms with Gasteiger partial charge in [0.2, 0.25) is 0 Å². The highest BCUT2D eigenvalue weighted by Gasteiger charge is 2.46. The zero-order chi connectivity index (χ0) is 23.4. The minimum absolute atomic E-state index is 0.208. The quantitative estimate of drug-likeness (QED) is 0.268. The molecule has 11 heteroatoms. The van der Waals surface area contributed by atoms with E-state index in [1.165, 1.54) is 0 Å². The molecular weight excluding hydrogens is 428 g/mol. The molecule has 4 aliphatic rings. The fourth-order valence-corrected chi connectivity index (χ4v) is 3.83. The van der Waals surface area contributed by atoms with E-state index in [1.807, 2.05) is 6.92 Å². The van der Waals surface area contributed by atoms with E-state index in [9.17, 15) is 30.3 Å². The standard InChI is InChI=1S/C21H34O11/c1-10-4-3-5-11(2)19(27)31-12-8-29-20(17(25)15(12)23)30-9-13-14(22)16(24)18(26)21(32-13)28-7-6-10/h5,10,12-18,20-26H,3-4,6-9H2,1-2H3. The molecule has 32 heavy (non-hydrogen) atoms. The molecular formula is C21H34O11. The molecule has 4 bridgehead atoms. The van der Waals surface area contributed by atoms with Crippen LogP contribution in [0.15, 0.2) is 11.6 Å². The van der Waals surface area contributed by atoms with Crippen molar-refractivity contribution in [2.75, 3.05) is 19.8 Å². The van der Waals surface area contributed by atoms with E-state index in [0.717, 1.165) is 6.42 Å². The Kier molecular flexibility index (Phi) is 9.01. The molecule has 0 spiro atoms. The number of carbonyl (C=O) groups is 1. The maximum atomic E-state index is 12.3. The summed E-state index contributed by atoms with van der Waals surface area (Å²) in [6, 6.07) is 0. The Bertz CT molecular complexity index is 656. The van der Waals surface area contributed by atoms with Crippen LogP contribution in [-0.4, -0.2) is 107 Å². The molecule has 0 radical (unpaired) electrons. The molecule has 184 valence electrons. The molecule has 10 atom stereocenters. The number of ether oxygens (including phenoxy) is 5. The monoisotopic (exact) mass is 462 g/mol. The Hall–Kier alpha value is -1.15. The summed E-state index contributed by atoms with van der Waals surface area (Å²) in [4.78, 5) is 12.3. The van der Waals surface area contributed by atoms with Crippen LogP contribution in [-0.2, 0) is 28.5 Å². The maximum absolute atomic E-state index is 12.3. The van der Waals surface area contributed by atoms with Crippen molar-refractivity contribution in [1.29, 1.82) is 0 Å². The first-order chi connectivity index (χ1) is 15.2. The zero-order valence-electron chi connectivity index (χ0n) is 18.3. The van der Waals surface area contributed by atoms with Gasteiger partial charge in [-0.1, -0.05) is 13.0 Å². The zero-order valence-corrected chi connectivity index (χ0v) is 18.3. The Labute approximate surface area is 186 Å². The van der Waals surface area contributed by atoms with Crippen LogP contribution in [0.4, 0.5) is 0 Å². The van der Waals surface area contributed by atoms with Crippen LogP contribution >= 0.6 is 0 Å². The predicted molar refractivity (Wildman–Crippen MR) is 107 cm³/mol. The number of aliphatic hydroxyl groups excluding tert-OH is 5. The van der Waals surface area contributed by atoms with Gasteiger partial charge >= 0.3 is 5.97 Å². The molecule has 11 nitrogen and oxygen atoms in total. The highest BCUT2D eigenvalue weighted by atomic mass is 16.7. The number of esters is 1. The van der Waals surface area contributed by atoms with Gasteiger partial charge in [-0.25, -0.2) is 4.79 Å². The van der Waals surface area contributed by atoms with Gasteiger partial charge in [-0.15, -0.1) is 0 Å². The van der Waals surface area contributed by atoms with Crippen LogP contribution in [0.25, 0.3) is 0 Å². The van der Waals surface area contributed by atoms with Crippen molar-refractivity contribution in [2.24, 2.45) is 5.92 Å². The van der Waals surface area contributed by atoms with E-state index in [-0.39, 0.29) is 25.7 Å². The SMILES string of the molecule is CC1=CCCC(C)CCOC2OC(COC3OCC(OC1=O)C(O)C3O)C(O)C(O)C2O. The average Bonchev–Trinajstić information content (AvgIpc) is 2.76. The van der Waals surface area contributed by atoms with Gasteiger partial charge in [-0.2, -0.15) is 0 Å². The first-order valence-electron chi connectivity index (χ1n) is 11.0. The van der Waals surface area contributed by atoms with E-state index >= 15 is 0 Å². The molecule has 4 aliphatic heterocycles. The lowest BCUT2D eigenvalue weighted by molar-refractivity contribution is -0.321. The molecule has 0 aromatic heterocycles. The molecule has 10 unspecified atom stereocenters. The fraction of sp³-hybridized carbons (Fsp3) is 0.857. The third-order valence-electron chi connectivity index (χ3n) is 6.11. The third-order valence-corrected chi connectivity index (χ3v) is 6.11. The van der Waals surface area contributed by atoms with Crippen molar-refractivity contribution in [2.45, 2.75) is 88.4 Å². The minimum atomic E-state index is -1.53. The first-order valence-corrected chi connectivity index (χ1v) is 11.0.